The van der Waals surface area contributed by atoms with Crippen molar-refractivity contribution in [3.8, 4) is 0 Å². The molecule has 0 aliphatic carbocycles. The summed E-state index contributed by atoms with van der Waals surface area (Å²) >= 11 is 1.31. The summed E-state index contributed by atoms with van der Waals surface area (Å²) in [6.45, 7) is 0.0767. The molecule has 118 valence electrons. The zero-order chi connectivity index (χ0) is 15.4. The zero-order valence-corrected chi connectivity index (χ0v) is 12.3. The van der Waals surface area contributed by atoms with Gasteiger partial charge in [0, 0.05) is 12.3 Å². The Balaban J connectivity index is 1.94. The smallest absolute Gasteiger partial charge is 0.132 e. The van der Waals surface area contributed by atoms with E-state index in [0.717, 1.165) is 11.1 Å². The molecule has 2 rings (SSSR count). The van der Waals surface area contributed by atoms with E-state index < -0.39 is 36.5 Å². The van der Waals surface area contributed by atoms with Crippen molar-refractivity contribution < 1.29 is 25.2 Å². The van der Waals surface area contributed by atoms with E-state index in [9.17, 15) is 15.3 Å². The summed E-state index contributed by atoms with van der Waals surface area (Å²) in [4.78, 5) is 0. The Bertz CT molecular complexity index is 441. The van der Waals surface area contributed by atoms with E-state index in [2.05, 4.69) is 0 Å². The summed E-state index contributed by atoms with van der Waals surface area (Å²) in [6, 6.07) is 7.75. The van der Waals surface area contributed by atoms with Crippen LogP contribution in [0.25, 0.3) is 0 Å². The lowest BCUT2D eigenvalue weighted by Crippen LogP contribution is -2.57. The fourth-order valence-electron chi connectivity index (χ4n) is 2.16. The molecule has 0 amide bonds. The Hall–Kier alpha value is -0.670. The van der Waals surface area contributed by atoms with E-state index in [1.165, 1.54) is 11.8 Å². The van der Waals surface area contributed by atoms with Crippen LogP contribution in [-0.4, -0.2) is 56.9 Å². The maximum Gasteiger partial charge on any atom is 0.132 e. The van der Waals surface area contributed by atoms with Gasteiger partial charge >= 0.3 is 0 Å². The Kier molecular flexibility index (Phi) is 6.00. The number of hydrogen-bond acceptors (Lipinski definition) is 7. The summed E-state index contributed by atoms with van der Waals surface area (Å²) in [6.07, 6.45) is -4.70. The summed E-state index contributed by atoms with van der Waals surface area (Å²) in [7, 11) is 0. The van der Waals surface area contributed by atoms with Crippen LogP contribution in [0.15, 0.2) is 24.3 Å². The van der Waals surface area contributed by atoms with Gasteiger partial charge in [-0.2, -0.15) is 0 Å². The molecule has 1 aromatic carbocycles. The molecule has 1 aromatic rings. The molecule has 6 nitrogen and oxygen atoms in total. The lowest BCUT2D eigenvalue weighted by atomic mass is 10.0. The number of hydrogen-bond donors (Lipinski definition) is 5. The summed E-state index contributed by atoms with van der Waals surface area (Å²) < 4.78 is 5.43. The predicted molar refractivity (Wildman–Crippen MR) is 79.4 cm³/mol. The number of aliphatic hydroxyl groups excluding tert-OH is 4. The molecule has 6 N–H and O–H groups in total. The number of nitrogens with two attached hydrogens (primary N) is 1. The standard InChI is InChI=1S/C14H21NO5S/c15-5-8-1-3-9(4-2-8)7-21-14-13(19)12(18)11(17)10(6-16)20-14/h1-4,10-14,16-19H,5-7,15H2/t10-,11-,12+,13+,14-/m1/s1. The molecule has 0 aromatic heterocycles. The lowest BCUT2D eigenvalue weighted by Gasteiger charge is -2.39. The van der Waals surface area contributed by atoms with Crippen molar-refractivity contribution in [1.29, 1.82) is 0 Å². The second-order valence-electron chi connectivity index (χ2n) is 5.03. The first-order valence-corrected chi connectivity index (χ1v) is 7.81. The Morgan fingerprint density at radius 2 is 1.62 bits per heavy atom. The molecule has 1 fully saturated rings. The minimum Gasteiger partial charge on any atom is -0.394 e. The van der Waals surface area contributed by atoms with Gasteiger partial charge in [-0.05, 0) is 11.1 Å². The van der Waals surface area contributed by atoms with Gasteiger partial charge in [0.2, 0.25) is 0 Å². The minimum atomic E-state index is -1.33. The van der Waals surface area contributed by atoms with Crippen molar-refractivity contribution in [2.24, 2.45) is 5.73 Å². The molecule has 1 saturated heterocycles. The first kappa shape index (κ1) is 16.7. The highest BCUT2D eigenvalue weighted by molar-refractivity contribution is 7.99. The van der Waals surface area contributed by atoms with Crippen LogP contribution in [0.5, 0.6) is 0 Å². The van der Waals surface area contributed by atoms with Crippen LogP contribution in [0.2, 0.25) is 0 Å². The van der Waals surface area contributed by atoms with Gasteiger partial charge in [0.05, 0.1) is 6.61 Å². The second kappa shape index (κ2) is 7.55. The van der Waals surface area contributed by atoms with Gasteiger partial charge in [-0.1, -0.05) is 24.3 Å². The fourth-order valence-corrected chi connectivity index (χ4v) is 3.28. The predicted octanol–water partition coefficient (Wildman–Crippen LogP) is -0.822. The van der Waals surface area contributed by atoms with Crippen LogP contribution < -0.4 is 5.73 Å². The molecule has 7 heteroatoms. The van der Waals surface area contributed by atoms with Gasteiger partial charge < -0.3 is 30.9 Å². The van der Waals surface area contributed by atoms with E-state index in [4.69, 9.17) is 15.6 Å². The number of benzene rings is 1. The van der Waals surface area contributed by atoms with Gasteiger partial charge in [-0.25, -0.2) is 0 Å². The van der Waals surface area contributed by atoms with Crippen LogP contribution >= 0.6 is 11.8 Å². The van der Waals surface area contributed by atoms with E-state index >= 15 is 0 Å². The van der Waals surface area contributed by atoms with Crippen LogP contribution in [0, 0.1) is 0 Å². The fraction of sp³-hybridized carbons (Fsp3) is 0.571. The van der Waals surface area contributed by atoms with E-state index in [1.54, 1.807) is 0 Å². The van der Waals surface area contributed by atoms with Crippen molar-refractivity contribution >= 4 is 11.8 Å². The summed E-state index contributed by atoms with van der Waals surface area (Å²) in [5.74, 6) is 0.577. The Labute approximate surface area is 127 Å². The van der Waals surface area contributed by atoms with Crippen LogP contribution in [0.3, 0.4) is 0 Å². The van der Waals surface area contributed by atoms with Crippen molar-refractivity contribution in [3.05, 3.63) is 35.4 Å². The van der Waals surface area contributed by atoms with Crippen molar-refractivity contribution in [3.63, 3.8) is 0 Å². The number of ether oxygens (including phenoxy) is 1. The maximum atomic E-state index is 9.93. The quantitative estimate of drug-likeness (QED) is 0.482. The second-order valence-corrected chi connectivity index (χ2v) is 6.12. The van der Waals surface area contributed by atoms with E-state index in [1.807, 2.05) is 24.3 Å². The molecule has 1 heterocycles. The Morgan fingerprint density at radius 3 is 2.19 bits per heavy atom. The topological polar surface area (TPSA) is 116 Å². The van der Waals surface area contributed by atoms with Crippen LogP contribution in [0.4, 0.5) is 0 Å². The van der Waals surface area contributed by atoms with Gasteiger partial charge in [-0.15, -0.1) is 11.8 Å². The molecular formula is C14H21NO5S. The highest BCUT2D eigenvalue weighted by atomic mass is 32.2. The van der Waals surface area contributed by atoms with Crippen LogP contribution in [-0.2, 0) is 17.0 Å². The van der Waals surface area contributed by atoms with Gasteiger partial charge in [0.25, 0.3) is 0 Å². The third-order valence-corrected chi connectivity index (χ3v) is 4.74. The molecule has 0 bridgehead atoms. The van der Waals surface area contributed by atoms with Gasteiger partial charge in [-0.3, -0.25) is 0 Å². The highest BCUT2D eigenvalue weighted by Gasteiger charge is 2.43. The lowest BCUT2D eigenvalue weighted by molar-refractivity contribution is -0.205. The van der Waals surface area contributed by atoms with Crippen molar-refractivity contribution in [2.45, 2.75) is 42.1 Å². The number of aliphatic hydroxyl groups is 4. The van der Waals surface area contributed by atoms with E-state index in [-0.39, 0.29) is 0 Å². The molecule has 1 aliphatic rings. The van der Waals surface area contributed by atoms with Crippen LogP contribution in [0.1, 0.15) is 11.1 Å². The van der Waals surface area contributed by atoms with Gasteiger partial charge in [0.15, 0.2) is 0 Å². The van der Waals surface area contributed by atoms with Crippen molar-refractivity contribution in [1.82, 2.24) is 0 Å². The third kappa shape index (κ3) is 3.95. The van der Waals surface area contributed by atoms with E-state index in [0.29, 0.717) is 12.3 Å². The molecule has 0 unspecified atom stereocenters. The molecule has 21 heavy (non-hydrogen) atoms. The molecule has 5 atom stereocenters. The number of rotatable bonds is 5. The normalized spacial score (nSPS) is 33.1. The molecular weight excluding hydrogens is 294 g/mol. The molecule has 1 aliphatic heterocycles. The largest absolute Gasteiger partial charge is 0.394 e. The average Bonchev–Trinajstić information content (AvgIpc) is 2.52. The summed E-state index contributed by atoms with van der Waals surface area (Å²) in [5, 5.41) is 38.5. The minimum absolute atomic E-state index is 0.410. The molecule has 0 saturated carbocycles. The third-order valence-electron chi connectivity index (χ3n) is 3.52. The maximum absolute atomic E-state index is 9.93. The summed E-state index contributed by atoms with van der Waals surface area (Å²) in [5.41, 5.74) is 6.91. The first-order chi connectivity index (χ1) is 10.1. The zero-order valence-electron chi connectivity index (χ0n) is 11.5. The SMILES string of the molecule is NCc1ccc(CS[C@H]2O[C@H](CO)[C@@H](O)[C@H](O)[C@@H]2O)cc1. The molecule has 0 spiro atoms. The highest BCUT2D eigenvalue weighted by Crippen LogP contribution is 2.30. The van der Waals surface area contributed by atoms with Crippen molar-refractivity contribution in [2.75, 3.05) is 6.61 Å². The first-order valence-electron chi connectivity index (χ1n) is 6.76. The molecule has 0 radical (unpaired) electrons. The number of thioether (sulfide) groups is 1. The average molecular weight is 315 g/mol. The monoisotopic (exact) mass is 315 g/mol. The Morgan fingerprint density at radius 1 is 1.00 bits per heavy atom. The van der Waals surface area contributed by atoms with Gasteiger partial charge in [0.1, 0.15) is 29.9 Å².